The molecule has 3 unspecified atom stereocenters. The predicted molar refractivity (Wildman–Crippen MR) is 128 cm³/mol. The monoisotopic (exact) mass is 478 g/mol. The molecule has 2 aromatic rings. The Hall–Kier alpha value is -3.55. The van der Waals surface area contributed by atoms with Crippen LogP contribution in [0.5, 0.6) is 0 Å². The van der Waals surface area contributed by atoms with E-state index in [0.29, 0.717) is 6.54 Å². The number of likely N-dealkylation sites (tertiary alicyclic amines) is 2. The minimum Gasteiger partial charge on any atom is -0.480 e. The summed E-state index contributed by atoms with van der Waals surface area (Å²) in [5.74, 6) is -1.62. The molecule has 2 fully saturated rings. The fourth-order valence-electron chi connectivity index (χ4n) is 5.70. The van der Waals surface area contributed by atoms with E-state index in [9.17, 15) is 19.5 Å². The molecule has 5 rings (SSSR count). The van der Waals surface area contributed by atoms with Crippen molar-refractivity contribution in [1.29, 1.82) is 0 Å². The van der Waals surface area contributed by atoms with Crippen LogP contribution in [0.2, 0.25) is 0 Å². The van der Waals surface area contributed by atoms with Crippen LogP contribution < -0.4 is 0 Å². The first-order valence-corrected chi connectivity index (χ1v) is 12.0. The average molecular weight is 479 g/mol. The molecule has 35 heavy (non-hydrogen) atoms. The molecule has 3 aliphatic rings. The Labute approximate surface area is 204 Å². The summed E-state index contributed by atoms with van der Waals surface area (Å²) in [6.07, 6.45) is -1.08. The normalized spacial score (nSPS) is 23.0. The zero-order valence-electron chi connectivity index (χ0n) is 20.1. The van der Waals surface area contributed by atoms with Crippen molar-refractivity contribution >= 4 is 18.2 Å². The Morgan fingerprint density at radius 3 is 2.09 bits per heavy atom. The third kappa shape index (κ3) is 4.22. The number of rotatable bonds is 3. The van der Waals surface area contributed by atoms with Gasteiger partial charge >= 0.3 is 18.2 Å². The number of ether oxygens (including phenoxy) is 2. The van der Waals surface area contributed by atoms with Gasteiger partial charge in [-0.2, -0.15) is 0 Å². The van der Waals surface area contributed by atoms with E-state index in [1.165, 1.54) is 4.90 Å². The molecule has 8 heteroatoms. The summed E-state index contributed by atoms with van der Waals surface area (Å²) < 4.78 is 11.2. The number of carbonyl (C=O) groups excluding carboxylic acids is 2. The fraction of sp³-hybridized carbons (Fsp3) is 0.444. The van der Waals surface area contributed by atoms with Gasteiger partial charge in [-0.3, -0.25) is 4.90 Å². The van der Waals surface area contributed by atoms with Crippen LogP contribution >= 0.6 is 0 Å². The van der Waals surface area contributed by atoms with Gasteiger partial charge in [0.2, 0.25) is 0 Å². The zero-order valence-corrected chi connectivity index (χ0v) is 20.1. The summed E-state index contributed by atoms with van der Waals surface area (Å²) in [5.41, 5.74) is 3.88. The highest BCUT2D eigenvalue weighted by Crippen LogP contribution is 2.45. The Balaban J connectivity index is 1.25. The highest BCUT2D eigenvalue weighted by Gasteiger charge is 2.54. The van der Waals surface area contributed by atoms with E-state index in [0.717, 1.165) is 22.3 Å². The SMILES string of the molecule is CC(C)(C)OC(=O)N1CC2CN(C(=O)OCC3c4ccccc4-c4ccccc43)CC2C1C(=O)O. The van der Waals surface area contributed by atoms with E-state index < -0.39 is 29.8 Å². The lowest BCUT2D eigenvalue weighted by molar-refractivity contribution is -0.143. The topological polar surface area (TPSA) is 96.4 Å². The van der Waals surface area contributed by atoms with Gasteiger partial charge in [-0.25, -0.2) is 14.4 Å². The van der Waals surface area contributed by atoms with Gasteiger partial charge in [0, 0.05) is 37.4 Å². The first-order chi connectivity index (χ1) is 16.6. The number of aliphatic carboxylic acids is 1. The third-order valence-electron chi connectivity index (χ3n) is 7.14. The molecular formula is C27H30N2O6. The highest BCUT2D eigenvalue weighted by atomic mass is 16.6. The van der Waals surface area contributed by atoms with Crippen molar-refractivity contribution in [2.45, 2.75) is 38.3 Å². The van der Waals surface area contributed by atoms with Gasteiger partial charge in [-0.1, -0.05) is 48.5 Å². The van der Waals surface area contributed by atoms with Crippen molar-refractivity contribution in [3.8, 4) is 11.1 Å². The van der Waals surface area contributed by atoms with Crippen LogP contribution in [0.15, 0.2) is 48.5 Å². The van der Waals surface area contributed by atoms with E-state index in [-0.39, 0.29) is 37.5 Å². The standard InChI is InChI=1S/C27H30N2O6/c1-27(2,3)35-26(33)29-13-16-12-28(14-21(16)23(29)24(30)31)25(32)34-15-22-19-10-6-4-8-17(19)18-9-5-7-11-20(18)22/h4-11,16,21-23H,12-15H2,1-3H3,(H,30,31). The molecule has 2 amide bonds. The van der Waals surface area contributed by atoms with Crippen molar-refractivity contribution in [1.82, 2.24) is 9.80 Å². The van der Waals surface area contributed by atoms with E-state index >= 15 is 0 Å². The van der Waals surface area contributed by atoms with E-state index in [1.807, 2.05) is 24.3 Å². The molecule has 0 saturated carbocycles. The van der Waals surface area contributed by atoms with Crippen LogP contribution in [0.1, 0.15) is 37.8 Å². The van der Waals surface area contributed by atoms with Crippen molar-refractivity contribution in [3.63, 3.8) is 0 Å². The van der Waals surface area contributed by atoms with Crippen LogP contribution in [-0.4, -0.2) is 70.9 Å². The minimum absolute atomic E-state index is 0.0390. The molecule has 0 aromatic heterocycles. The number of hydrogen-bond donors (Lipinski definition) is 1. The first-order valence-electron chi connectivity index (χ1n) is 12.0. The van der Waals surface area contributed by atoms with E-state index in [1.54, 1.807) is 25.7 Å². The largest absolute Gasteiger partial charge is 0.480 e. The molecule has 1 N–H and O–H groups in total. The number of hydrogen-bond acceptors (Lipinski definition) is 5. The second-order valence-electron chi connectivity index (χ2n) is 10.5. The molecular weight excluding hydrogens is 448 g/mol. The molecule has 8 nitrogen and oxygen atoms in total. The summed E-state index contributed by atoms with van der Waals surface area (Å²) >= 11 is 0. The maximum atomic E-state index is 13.0. The summed E-state index contributed by atoms with van der Waals surface area (Å²) in [4.78, 5) is 40.5. The Bertz CT molecular complexity index is 1130. The number of benzene rings is 2. The van der Waals surface area contributed by atoms with Crippen molar-refractivity contribution < 1.29 is 29.0 Å². The van der Waals surface area contributed by atoms with Crippen molar-refractivity contribution in [2.75, 3.05) is 26.2 Å². The summed E-state index contributed by atoms with van der Waals surface area (Å²) in [5, 5.41) is 9.85. The van der Waals surface area contributed by atoms with Crippen LogP contribution in [0.25, 0.3) is 11.1 Å². The van der Waals surface area contributed by atoms with Gasteiger partial charge in [0.15, 0.2) is 0 Å². The fourth-order valence-corrected chi connectivity index (χ4v) is 5.70. The van der Waals surface area contributed by atoms with Crippen molar-refractivity contribution in [3.05, 3.63) is 59.7 Å². The van der Waals surface area contributed by atoms with Crippen LogP contribution in [0.4, 0.5) is 9.59 Å². The first kappa shape index (κ1) is 23.2. The Kier molecular flexibility index (Phi) is 5.69. The van der Waals surface area contributed by atoms with Gasteiger partial charge in [-0.05, 0) is 43.0 Å². The molecule has 1 aliphatic carbocycles. The van der Waals surface area contributed by atoms with Crippen LogP contribution in [0.3, 0.4) is 0 Å². The maximum Gasteiger partial charge on any atom is 0.411 e. The zero-order chi connectivity index (χ0) is 24.9. The van der Waals surface area contributed by atoms with Gasteiger partial charge in [0.05, 0.1) is 0 Å². The molecule has 184 valence electrons. The van der Waals surface area contributed by atoms with Crippen LogP contribution in [-0.2, 0) is 14.3 Å². The molecule has 0 bridgehead atoms. The number of carbonyl (C=O) groups is 3. The molecule has 2 heterocycles. The van der Waals surface area contributed by atoms with Gasteiger partial charge in [0.25, 0.3) is 0 Å². The lowest BCUT2D eigenvalue weighted by atomic mass is 9.94. The lowest BCUT2D eigenvalue weighted by Gasteiger charge is -2.29. The Morgan fingerprint density at radius 1 is 0.914 bits per heavy atom. The van der Waals surface area contributed by atoms with Gasteiger partial charge in [-0.15, -0.1) is 0 Å². The molecule has 2 aliphatic heterocycles. The van der Waals surface area contributed by atoms with E-state index in [4.69, 9.17) is 9.47 Å². The lowest BCUT2D eigenvalue weighted by Crippen LogP contribution is -2.47. The van der Waals surface area contributed by atoms with Gasteiger partial charge < -0.3 is 19.5 Å². The minimum atomic E-state index is -1.09. The molecule has 2 aromatic carbocycles. The molecule has 3 atom stereocenters. The van der Waals surface area contributed by atoms with Crippen LogP contribution in [0, 0.1) is 11.8 Å². The average Bonchev–Trinajstić information content (AvgIpc) is 3.45. The number of amides is 2. The Morgan fingerprint density at radius 2 is 1.51 bits per heavy atom. The molecule has 0 spiro atoms. The third-order valence-corrected chi connectivity index (χ3v) is 7.14. The summed E-state index contributed by atoms with van der Waals surface area (Å²) in [6.45, 7) is 6.28. The number of carboxylic acid groups (broad SMARTS) is 1. The second kappa shape index (κ2) is 8.59. The number of carboxylic acids is 1. The highest BCUT2D eigenvalue weighted by molar-refractivity contribution is 5.82. The number of fused-ring (bicyclic) bond motifs is 4. The molecule has 0 radical (unpaired) electrons. The quantitative estimate of drug-likeness (QED) is 0.711. The maximum absolute atomic E-state index is 13.0. The second-order valence-corrected chi connectivity index (χ2v) is 10.5. The molecule has 2 saturated heterocycles. The predicted octanol–water partition coefficient (Wildman–Crippen LogP) is 4.19. The van der Waals surface area contributed by atoms with E-state index in [2.05, 4.69) is 24.3 Å². The van der Waals surface area contributed by atoms with Gasteiger partial charge in [0.1, 0.15) is 18.2 Å². The summed E-state index contributed by atoms with van der Waals surface area (Å²) in [6, 6.07) is 15.3. The number of nitrogens with zero attached hydrogens (tertiary/aromatic N) is 2. The smallest absolute Gasteiger partial charge is 0.411 e. The van der Waals surface area contributed by atoms with Crippen molar-refractivity contribution in [2.24, 2.45) is 11.8 Å². The summed E-state index contributed by atoms with van der Waals surface area (Å²) in [7, 11) is 0.